The molecule has 0 unspecified atom stereocenters. The summed E-state index contributed by atoms with van der Waals surface area (Å²) in [6, 6.07) is 5.32. The molecule has 1 rings (SSSR count). The van der Waals surface area contributed by atoms with Crippen LogP contribution in [0, 0.1) is 11.3 Å². The number of hydrogen-bond acceptors (Lipinski definition) is 5. The fraction of sp³-hybridized carbons (Fsp3) is 0.778. The van der Waals surface area contributed by atoms with E-state index in [0.717, 1.165) is 13.0 Å². The van der Waals surface area contributed by atoms with Crippen LogP contribution in [0.5, 0.6) is 0 Å². The number of nitrogens with one attached hydrogen (secondary N) is 1. The Morgan fingerprint density at radius 1 is 0.875 bits per heavy atom. The van der Waals surface area contributed by atoms with Crippen molar-refractivity contribution in [2.45, 2.75) is 116 Å². The minimum atomic E-state index is -0.184. The molecule has 2 N–H and O–H groups in total. The van der Waals surface area contributed by atoms with Gasteiger partial charge >= 0.3 is 0 Å². The molecule has 1 aromatic heterocycles. The highest BCUT2D eigenvalue weighted by atomic mass is 16.5. The van der Waals surface area contributed by atoms with Crippen LogP contribution >= 0.6 is 0 Å². The third kappa shape index (κ3) is 16.1. The van der Waals surface area contributed by atoms with Crippen LogP contribution < -0.4 is 5.32 Å². The largest absolute Gasteiger partial charge is 0.394 e. The number of hydrogen-bond donors (Lipinski definition) is 2. The Hall–Kier alpha value is -1.64. The van der Waals surface area contributed by atoms with E-state index in [0.29, 0.717) is 18.0 Å². The molecule has 0 spiro atoms. The summed E-state index contributed by atoms with van der Waals surface area (Å²) in [5, 5.41) is 21.5. The second-order valence-electron chi connectivity index (χ2n) is 8.95. The Kier molecular flexibility index (Phi) is 18.8. The van der Waals surface area contributed by atoms with Gasteiger partial charge in [0, 0.05) is 12.8 Å². The Balaban J connectivity index is 1.84. The third-order valence-electron chi connectivity index (χ3n) is 5.93. The average molecular weight is 446 g/mol. The standard InChI is InChI=1S/C27H47N3O2/c1-2-3-4-5-6-7-8-9-10-11-12-13-14-15-16-17-20-32-24-26(23-31)30-27-19-18-25(21-28)22-29-27/h18-19,22,26,31H,2-17,20,23-24H2,1H3,(H,29,30)/t26-/m0/s1. The van der Waals surface area contributed by atoms with Gasteiger partial charge in [-0.25, -0.2) is 4.98 Å². The SMILES string of the molecule is CCCCCCCCCCCCCCCCCCOC[C@H](CO)Nc1ccc(C#N)cn1. The summed E-state index contributed by atoms with van der Waals surface area (Å²) in [5.41, 5.74) is 0.524. The number of anilines is 1. The molecule has 0 aliphatic carbocycles. The van der Waals surface area contributed by atoms with Crippen LogP contribution in [0.2, 0.25) is 0 Å². The predicted molar refractivity (Wildman–Crippen MR) is 134 cm³/mol. The minimum Gasteiger partial charge on any atom is -0.394 e. The van der Waals surface area contributed by atoms with Gasteiger partial charge in [-0.05, 0) is 18.6 Å². The smallest absolute Gasteiger partial charge is 0.126 e. The molecule has 1 heterocycles. The van der Waals surface area contributed by atoms with Crippen molar-refractivity contribution in [1.29, 1.82) is 5.26 Å². The van der Waals surface area contributed by atoms with Crippen LogP contribution in [-0.2, 0) is 4.74 Å². The number of rotatable bonds is 22. The maximum Gasteiger partial charge on any atom is 0.126 e. The van der Waals surface area contributed by atoms with E-state index >= 15 is 0 Å². The van der Waals surface area contributed by atoms with Crippen molar-refractivity contribution in [3.8, 4) is 6.07 Å². The maximum atomic E-state index is 9.51. The fourth-order valence-electron chi connectivity index (χ4n) is 3.87. The quantitative estimate of drug-likeness (QED) is 0.188. The molecule has 1 atom stereocenters. The first-order valence-electron chi connectivity index (χ1n) is 13.1. The van der Waals surface area contributed by atoms with Gasteiger partial charge < -0.3 is 15.2 Å². The zero-order valence-electron chi connectivity index (χ0n) is 20.5. The number of pyridine rings is 1. The highest BCUT2D eigenvalue weighted by molar-refractivity contribution is 5.39. The summed E-state index contributed by atoms with van der Waals surface area (Å²) in [6.07, 6.45) is 23.4. The summed E-state index contributed by atoms with van der Waals surface area (Å²) >= 11 is 0. The molecule has 182 valence electrons. The number of aromatic nitrogens is 1. The molecule has 5 heteroatoms. The van der Waals surface area contributed by atoms with Crippen LogP contribution in [-0.4, -0.2) is 36.0 Å². The summed E-state index contributed by atoms with van der Waals surface area (Å²) in [6.45, 7) is 3.46. The molecule has 5 nitrogen and oxygen atoms in total. The van der Waals surface area contributed by atoms with Crippen molar-refractivity contribution in [2.75, 3.05) is 25.1 Å². The number of nitrogens with zero attached hydrogens (tertiary/aromatic N) is 2. The number of aliphatic hydroxyl groups is 1. The summed E-state index contributed by atoms with van der Waals surface area (Å²) in [5.74, 6) is 0.647. The monoisotopic (exact) mass is 445 g/mol. The molecule has 0 saturated heterocycles. The van der Waals surface area contributed by atoms with Crippen molar-refractivity contribution in [1.82, 2.24) is 4.98 Å². The Bertz CT molecular complexity index is 571. The Morgan fingerprint density at radius 2 is 1.41 bits per heavy atom. The van der Waals surface area contributed by atoms with Gasteiger partial charge in [0.2, 0.25) is 0 Å². The lowest BCUT2D eigenvalue weighted by molar-refractivity contribution is 0.103. The van der Waals surface area contributed by atoms with E-state index < -0.39 is 0 Å². The number of unbranched alkanes of at least 4 members (excludes halogenated alkanes) is 15. The topological polar surface area (TPSA) is 78.2 Å². The lowest BCUT2D eigenvalue weighted by Crippen LogP contribution is -2.29. The van der Waals surface area contributed by atoms with Crippen molar-refractivity contribution in [2.24, 2.45) is 0 Å². The van der Waals surface area contributed by atoms with Crippen molar-refractivity contribution in [3.05, 3.63) is 23.9 Å². The van der Waals surface area contributed by atoms with Gasteiger partial charge in [-0.3, -0.25) is 0 Å². The molecular formula is C27H47N3O2. The zero-order valence-corrected chi connectivity index (χ0v) is 20.5. The molecule has 1 aromatic rings. The normalized spacial score (nSPS) is 11.9. The number of nitriles is 1. The summed E-state index contributed by atoms with van der Waals surface area (Å²) < 4.78 is 5.72. The van der Waals surface area contributed by atoms with E-state index in [1.54, 1.807) is 12.1 Å². The van der Waals surface area contributed by atoms with Gasteiger partial charge in [-0.1, -0.05) is 103 Å². The summed E-state index contributed by atoms with van der Waals surface area (Å²) in [7, 11) is 0. The molecule has 0 aromatic carbocycles. The van der Waals surface area contributed by atoms with Crippen molar-refractivity contribution < 1.29 is 9.84 Å². The fourth-order valence-corrected chi connectivity index (χ4v) is 3.87. The molecule has 0 radical (unpaired) electrons. The second-order valence-corrected chi connectivity index (χ2v) is 8.95. The van der Waals surface area contributed by atoms with E-state index in [-0.39, 0.29) is 12.6 Å². The third-order valence-corrected chi connectivity index (χ3v) is 5.93. The summed E-state index contributed by atoms with van der Waals surface area (Å²) in [4.78, 5) is 4.17. The lowest BCUT2D eigenvalue weighted by atomic mass is 10.0. The van der Waals surface area contributed by atoms with Crippen LogP contribution in [0.15, 0.2) is 18.3 Å². The highest BCUT2D eigenvalue weighted by Crippen LogP contribution is 2.14. The van der Waals surface area contributed by atoms with Gasteiger partial charge in [0.05, 0.1) is 24.8 Å². The molecule has 32 heavy (non-hydrogen) atoms. The number of aliphatic hydroxyl groups excluding tert-OH is 1. The van der Waals surface area contributed by atoms with Crippen LogP contribution in [0.3, 0.4) is 0 Å². The van der Waals surface area contributed by atoms with Crippen molar-refractivity contribution in [3.63, 3.8) is 0 Å². The molecule has 0 bridgehead atoms. The molecule has 0 aliphatic heterocycles. The van der Waals surface area contributed by atoms with E-state index in [4.69, 9.17) is 10.00 Å². The van der Waals surface area contributed by atoms with Crippen molar-refractivity contribution >= 4 is 5.82 Å². The van der Waals surface area contributed by atoms with Gasteiger partial charge in [0.1, 0.15) is 11.9 Å². The van der Waals surface area contributed by atoms with Crippen LogP contribution in [0.4, 0.5) is 5.82 Å². The lowest BCUT2D eigenvalue weighted by Gasteiger charge is -2.17. The highest BCUT2D eigenvalue weighted by Gasteiger charge is 2.08. The maximum absolute atomic E-state index is 9.51. The predicted octanol–water partition coefficient (Wildman–Crippen LogP) is 7.00. The van der Waals surface area contributed by atoms with E-state index in [1.807, 2.05) is 6.07 Å². The van der Waals surface area contributed by atoms with Gasteiger partial charge in [0.15, 0.2) is 0 Å². The Morgan fingerprint density at radius 3 is 1.84 bits per heavy atom. The first-order valence-corrected chi connectivity index (χ1v) is 13.1. The van der Waals surface area contributed by atoms with Gasteiger partial charge in [0.25, 0.3) is 0 Å². The first-order chi connectivity index (χ1) is 15.8. The molecule has 0 amide bonds. The van der Waals surface area contributed by atoms with E-state index in [1.165, 1.54) is 103 Å². The van der Waals surface area contributed by atoms with E-state index in [2.05, 4.69) is 17.2 Å². The van der Waals surface area contributed by atoms with Gasteiger partial charge in [-0.15, -0.1) is 0 Å². The van der Waals surface area contributed by atoms with E-state index in [9.17, 15) is 5.11 Å². The minimum absolute atomic E-state index is 0.0133. The molecule has 0 fully saturated rings. The van der Waals surface area contributed by atoms with Crippen LogP contribution in [0.1, 0.15) is 115 Å². The Labute approximate surface area is 197 Å². The molecular weight excluding hydrogens is 398 g/mol. The molecule has 0 aliphatic rings. The van der Waals surface area contributed by atoms with Gasteiger partial charge in [-0.2, -0.15) is 5.26 Å². The average Bonchev–Trinajstić information content (AvgIpc) is 2.83. The number of ether oxygens (including phenoxy) is 1. The molecule has 0 saturated carbocycles. The first kappa shape index (κ1) is 28.4. The van der Waals surface area contributed by atoms with Crippen LogP contribution in [0.25, 0.3) is 0 Å². The second kappa shape index (κ2) is 21.2. The zero-order chi connectivity index (χ0) is 23.1.